The van der Waals surface area contributed by atoms with Crippen molar-refractivity contribution in [1.29, 1.82) is 0 Å². The Morgan fingerprint density at radius 1 is 1.36 bits per heavy atom. The molecule has 0 amide bonds. The van der Waals surface area contributed by atoms with Crippen LogP contribution in [0.3, 0.4) is 0 Å². The summed E-state index contributed by atoms with van der Waals surface area (Å²) >= 11 is 0. The van der Waals surface area contributed by atoms with Crippen LogP contribution in [-0.4, -0.2) is 12.7 Å². The lowest BCUT2D eigenvalue weighted by molar-refractivity contribution is 0.128. The molecule has 0 N–H and O–H groups in total. The zero-order valence-electron chi connectivity index (χ0n) is 6.82. The first-order chi connectivity index (χ1) is 5.29. The lowest BCUT2D eigenvalue weighted by Crippen LogP contribution is -2.22. The van der Waals surface area contributed by atoms with E-state index in [-0.39, 0.29) is 0 Å². The highest BCUT2D eigenvalue weighted by Gasteiger charge is 2.33. The fourth-order valence-corrected chi connectivity index (χ4v) is 2.33. The van der Waals surface area contributed by atoms with E-state index in [0.29, 0.717) is 12.0 Å². The third-order valence-corrected chi connectivity index (χ3v) is 3.12. The van der Waals surface area contributed by atoms with E-state index in [0.717, 1.165) is 12.5 Å². The van der Waals surface area contributed by atoms with Crippen molar-refractivity contribution in [2.24, 2.45) is 11.8 Å². The summed E-state index contributed by atoms with van der Waals surface area (Å²) in [7, 11) is 4.65. The smallest absolute Gasteiger partial charge is 0.0663 e. The molecule has 66 valence electrons. The van der Waals surface area contributed by atoms with Gasteiger partial charge in [-0.2, -0.15) is 0 Å². The first-order valence-electron chi connectivity index (χ1n) is 3.96. The summed E-state index contributed by atoms with van der Waals surface area (Å²) in [5.74, 6) is 1.31. The van der Waals surface area contributed by atoms with Crippen molar-refractivity contribution in [3.8, 4) is 0 Å². The quantitative estimate of drug-likeness (QED) is 0.640. The molecule has 0 radical (unpaired) electrons. The molecule has 1 aliphatic carbocycles. The summed E-state index contributed by atoms with van der Waals surface area (Å²) < 4.78 is 10.3. The molecule has 0 aromatic heterocycles. The van der Waals surface area contributed by atoms with Crippen LogP contribution < -0.4 is 0 Å². The second-order valence-electron chi connectivity index (χ2n) is 3.23. The predicted molar refractivity (Wildman–Crippen MR) is 52.1 cm³/mol. The van der Waals surface area contributed by atoms with Crippen molar-refractivity contribution in [2.75, 3.05) is 6.61 Å². The fraction of sp³-hybridized carbons (Fsp3) is 1.00. The Morgan fingerprint density at radius 2 is 2.09 bits per heavy atom. The summed E-state index contributed by atoms with van der Waals surface area (Å²) in [5, 5.41) is 0. The molecule has 1 fully saturated rings. The minimum Gasteiger partial charge on any atom is -0.365 e. The topological polar surface area (TPSA) is 18.5 Å². The van der Waals surface area contributed by atoms with Gasteiger partial charge in [0.15, 0.2) is 0 Å². The van der Waals surface area contributed by atoms with Crippen LogP contribution in [0.2, 0.25) is 0 Å². The summed E-state index contributed by atoms with van der Waals surface area (Å²) in [4.78, 5) is 0. The first-order valence-corrected chi connectivity index (χ1v) is 4.91. The van der Waals surface area contributed by atoms with Crippen LogP contribution in [0.5, 0.6) is 0 Å². The Hall–Kier alpha value is 0.780. The van der Waals surface area contributed by atoms with Gasteiger partial charge in [0.05, 0.1) is 12.7 Å². The van der Waals surface area contributed by atoms with E-state index in [1.165, 1.54) is 12.8 Å². The third kappa shape index (κ3) is 2.36. The van der Waals surface area contributed by atoms with E-state index < -0.39 is 0 Å². The van der Waals surface area contributed by atoms with Crippen LogP contribution in [0.4, 0.5) is 0 Å². The molecular weight excluding hydrogens is 178 g/mol. The molecule has 1 aliphatic rings. The van der Waals surface area contributed by atoms with E-state index in [1.54, 1.807) is 0 Å². The van der Waals surface area contributed by atoms with E-state index in [4.69, 9.17) is 9.05 Å². The van der Waals surface area contributed by atoms with Gasteiger partial charge in [-0.3, -0.25) is 0 Å². The minimum absolute atomic E-state index is 0.385. The number of hydrogen-bond donors (Lipinski definition) is 0. The molecule has 1 saturated carbocycles. The molecule has 0 aromatic carbocycles. The Balaban J connectivity index is 2.42. The third-order valence-electron chi connectivity index (χ3n) is 2.58. The van der Waals surface area contributed by atoms with E-state index in [9.17, 15) is 0 Å². The lowest BCUT2D eigenvalue weighted by atomic mass is 9.98. The number of rotatable bonds is 3. The highest BCUT2D eigenvalue weighted by Crippen LogP contribution is 2.35. The van der Waals surface area contributed by atoms with Gasteiger partial charge in [-0.15, -0.1) is 0 Å². The van der Waals surface area contributed by atoms with Gasteiger partial charge in [-0.1, -0.05) is 6.92 Å². The highest BCUT2D eigenvalue weighted by molar-refractivity contribution is 7.10. The van der Waals surface area contributed by atoms with Crippen molar-refractivity contribution >= 4 is 18.9 Å². The normalized spacial score (nSPS) is 37.9. The monoisotopic (exact) mass is 194 g/mol. The molecule has 0 bridgehead atoms. The van der Waals surface area contributed by atoms with Crippen LogP contribution in [0.15, 0.2) is 0 Å². The van der Waals surface area contributed by atoms with E-state index in [2.05, 4.69) is 25.9 Å². The summed E-state index contributed by atoms with van der Waals surface area (Å²) in [6, 6.07) is 0. The van der Waals surface area contributed by atoms with Crippen LogP contribution >= 0.6 is 18.9 Å². The Labute approximate surface area is 73.0 Å². The zero-order valence-corrected chi connectivity index (χ0v) is 9.13. The van der Waals surface area contributed by atoms with Gasteiger partial charge < -0.3 is 9.05 Å². The van der Waals surface area contributed by atoms with Gasteiger partial charge >= 0.3 is 0 Å². The van der Waals surface area contributed by atoms with Crippen molar-refractivity contribution in [3.63, 3.8) is 0 Å². The van der Waals surface area contributed by atoms with Crippen molar-refractivity contribution in [2.45, 2.75) is 25.9 Å². The maximum atomic E-state index is 5.27. The maximum absolute atomic E-state index is 5.27. The predicted octanol–water partition coefficient (Wildman–Crippen LogP) is 2.01. The van der Waals surface area contributed by atoms with E-state index >= 15 is 0 Å². The van der Waals surface area contributed by atoms with Crippen molar-refractivity contribution in [1.82, 2.24) is 0 Å². The van der Waals surface area contributed by atoms with Crippen molar-refractivity contribution < 1.29 is 9.05 Å². The summed E-state index contributed by atoms with van der Waals surface area (Å²) in [6.07, 6.45) is 2.82. The molecule has 0 saturated heterocycles. The second-order valence-corrected chi connectivity index (χ2v) is 3.83. The van der Waals surface area contributed by atoms with Crippen LogP contribution in [0.25, 0.3) is 0 Å². The van der Waals surface area contributed by atoms with Gasteiger partial charge in [-0.25, -0.2) is 0 Å². The van der Waals surface area contributed by atoms with Crippen LogP contribution in [0, 0.1) is 11.8 Å². The zero-order chi connectivity index (χ0) is 8.27. The molecule has 5 atom stereocenters. The number of hydrogen-bond acceptors (Lipinski definition) is 2. The molecular formula is C7H16O2P2. The largest absolute Gasteiger partial charge is 0.365 e. The fourth-order valence-electron chi connectivity index (χ4n) is 1.77. The molecule has 4 unspecified atom stereocenters. The minimum atomic E-state index is 0.385. The summed E-state index contributed by atoms with van der Waals surface area (Å²) in [6.45, 7) is 3.06. The van der Waals surface area contributed by atoms with Crippen LogP contribution in [0.1, 0.15) is 19.8 Å². The molecule has 1 rings (SSSR count). The first kappa shape index (κ1) is 9.86. The molecule has 0 aliphatic heterocycles. The SMILES string of the molecule is C[C@H]1CCC(OP)C1COP. The Morgan fingerprint density at radius 3 is 2.64 bits per heavy atom. The standard InChI is InChI=1S/C7H16O2P2/c1-5-2-3-7(9-11)6(5)4-8-10/h5-7H,2-4,10-11H2,1H3/t5-,6?,7?/m0/s1. The van der Waals surface area contributed by atoms with Gasteiger partial charge in [0.1, 0.15) is 0 Å². The lowest BCUT2D eigenvalue weighted by Gasteiger charge is -2.19. The molecule has 2 nitrogen and oxygen atoms in total. The molecule has 4 heteroatoms. The highest BCUT2D eigenvalue weighted by atomic mass is 31.0. The van der Waals surface area contributed by atoms with Gasteiger partial charge in [-0.05, 0) is 18.8 Å². The molecule has 0 spiro atoms. The molecule has 0 aromatic rings. The van der Waals surface area contributed by atoms with Gasteiger partial charge in [0.2, 0.25) is 0 Å². The maximum Gasteiger partial charge on any atom is 0.0663 e. The van der Waals surface area contributed by atoms with Crippen molar-refractivity contribution in [3.05, 3.63) is 0 Å². The van der Waals surface area contributed by atoms with Gasteiger partial charge in [0.25, 0.3) is 0 Å². The Kier molecular flexibility index (Phi) is 4.23. The average molecular weight is 194 g/mol. The Bertz CT molecular complexity index is 121. The van der Waals surface area contributed by atoms with E-state index in [1.807, 2.05) is 0 Å². The van der Waals surface area contributed by atoms with Crippen LogP contribution in [-0.2, 0) is 9.05 Å². The molecule has 0 heterocycles. The second kappa shape index (κ2) is 4.72. The van der Waals surface area contributed by atoms with Gasteiger partial charge in [0, 0.05) is 24.9 Å². The average Bonchev–Trinajstić information content (AvgIpc) is 2.34. The molecule has 11 heavy (non-hydrogen) atoms. The summed E-state index contributed by atoms with van der Waals surface area (Å²) in [5.41, 5.74) is 0.